The van der Waals surface area contributed by atoms with Crippen LogP contribution in [0.25, 0.3) is 6.08 Å². The summed E-state index contributed by atoms with van der Waals surface area (Å²) < 4.78 is 17.7. The van der Waals surface area contributed by atoms with Crippen LogP contribution < -0.4 is 5.32 Å². The van der Waals surface area contributed by atoms with E-state index in [2.05, 4.69) is 5.32 Å². The first-order chi connectivity index (χ1) is 8.24. The third kappa shape index (κ3) is 3.31. The molecule has 17 heavy (non-hydrogen) atoms. The highest BCUT2D eigenvalue weighted by molar-refractivity contribution is 6.01. The van der Waals surface area contributed by atoms with E-state index in [1.54, 1.807) is 18.2 Å². The maximum Gasteiger partial charge on any atom is 0.248 e. The molecule has 2 rings (SSSR count). The van der Waals surface area contributed by atoms with Crippen LogP contribution in [-0.2, 0) is 4.79 Å². The van der Waals surface area contributed by atoms with Crippen LogP contribution in [0.5, 0.6) is 0 Å². The molecule has 0 fully saturated rings. The largest absolute Gasteiger partial charge is 0.465 e. The monoisotopic (exact) mass is 231 g/mol. The Kier molecular flexibility index (Phi) is 3.35. The fourth-order valence-electron chi connectivity index (χ4n) is 1.26. The molecule has 0 saturated heterocycles. The molecule has 1 aromatic heterocycles. The van der Waals surface area contributed by atoms with Gasteiger partial charge < -0.3 is 9.73 Å². The SMILES string of the molecule is O=C(/C=C\c1ccco1)Nc1ccc(F)cc1. The molecule has 0 atom stereocenters. The van der Waals surface area contributed by atoms with Crippen molar-refractivity contribution < 1.29 is 13.6 Å². The van der Waals surface area contributed by atoms with E-state index < -0.39 is 0 Å². The number of benzene rings is 1. The molecular weight excluding hydrogens is 221 g/mol. The molecule has 1 heterocycles. The zero-order valence-electron chi connectivity index (χ0n) is 8.89. The summed E-state index contributed by atoms with van der Waals surface area (Å²) in [5, 5.41) is 2.60. The van der Waals surface area contributed by atoms with Crippen molar-refractivity contribution in [3.8, 4) is 0 Å². The lowest BCUT2D eigenvalue weighted by atomic mass is 10.3. The number of nitrogens with one attached hydrogen (secondary N) is 1. The summed E-state index contributed by atoms with van der Waals surface area (Å²) in [4.78, 5) is 11.5. The zero-order chi connectivity index (χ0) is 12.1. The molecule has 0 saturated carbocycles. The summed E-state index contributed by atoms with van der Waals surface area (Å²) in [6, 6.07) is 9.03. The van der Waals surface area contributed by atoms with Gasteiger partial charge in [0.15, 0.2) is 0 Å². The Morgan fingerprint density at radius 3 is 2.65 bits per heavy atom. The molecule has 4 heteroatoms. The molecule has 2 aromatic rings. The molecule has 0 aliphatic heterocycles. The normalized spacial score (nSPS) is 10.6. The maximum atomic E-state index is 12.6. The number of carbonyl (C=O) groups is 1. The summed E-state index contributed by atoms with van der Waals surface area (Å²) >= 11 is 0. The van der Waals surface area contributed by atoms with Crippen LogP contribution in [0.2, 0.25) is 0 Å². The fraction of sp³-hybridized carbons (Fsp3) is 0. The fourth-order valence-corrected chi connectivity index (χ4v) is 1.26. The summed E-state index contributed by atoms with van der Waals surface area (Å²) in [5.74, 6) is -0.0404. The first kappa shape index (κ1) is 11.1. The standard InChI is InChI=1S/C13H10FNO2/c14-10-3-5-11(6-4-10)15-13(16)8-7-12-2-1-9-17-12/h1-9H,(H,15,16)/b8-7-. The first-order valence-electron chi connectivity index (χ1n) is 5.02. The highest BCUT2D eigenvalue weighted by atomic mass is 19.1. The number of anilines is 1. The van der Waals surface area contributed by atoms with E-state index in [-0.39, 0.29) is 11.7 Å². The Hall–Kier alpha value is -2.36. The molecule has 1 aromatic carbocycles. The Bertz CT molecular complexity index is 515. The van der Waals surface area contributed by atoms with Crippen molar-refractivity contribution in [2.45, 2.75) is 0 Å². The van der Waals surface area contributed by atoms with Crippen LogP contribution in [0, 0.1) is 5.82 Å². The van der Waals surface area contributed by atoms with Crippen molar-refractivity contribution in [3.63, 3.8) is 0 Å². The highest BCUT2D eigenvalue weighted by Crippen LogP contribution is 2.08. The Morgan fingerprint density at radius 1 is 1.24 bits per heavy atom. The van der Waals surface area contributed by atoms with E-state index in [0.29, 0.717) is 11.4 Å². The quantitative estimate of drug-likeness (QED) is 0.825. The van der Waals surface area contributed by atoms with Crippen LogP contribution in [0.4, 0.5) is 10.1 Å². The Labute approximate surface area is 97.6 Å². The van der Waals surface area contributed by atoms with Gasteiger partial charge >= 0.3 is 0 Å². The van der Waals surface area contributed by atoms with E-state index in [1.807, 2.05) is 0 Å². The first-order valence-corrected chi connectivity index (χ1v) is 5.02. The number of amides is 1. The molecule has 0 radical (unpaired) electrons. The van der Waals surface area contributed by atoms with Gasteiger partial charge in [-0.3, -0.25) is 4.79 Å². The van der Waals surface area contributed by atoms with Gasteiger partial charge in [-0.1, -0.05) is 0 Å². The highest BCUT2D eigenvalue weighted by Gasteiger charge is 1.98. The van der Waals surface area contributed by atoms with E-state index in [0.717, 1.165) is 0 Å². The van der Waals surface area contributed by atoms with Crippen LogP contribution in [-0.4, -0.2) is 5.91 Å². The number of hydrogen-bond acceptors (Lipinski definition) is 2. The minimum atomic E-state index is -0.339. The third-order valence-corrected chi connectivity index (χ3v) is 2.05. The average molecular weight is 231 g/mol. The predicted octanol–water partition coefficient (Wildman–Crippen LogP) is 3.07. The predicted molar refractivity (Wildman–Crippen MR) is 62.8 cm³/mol. The number of carbonyl (C=O) groups excluding carboxylic acids is 1. The molecule has 3 nitrogen and oxygen atoms in total. The van der Waals surface area contributed by atoms with Gasteiger partial charge in [0.2, 0.25) is 5.91 Å². The van der Waals surface area contributed by atoms with Gasteiger partial charge in [-0.15, -0.1) is 0 Å². The number of hydrogen-bond donors (Lipinski definition) is 1. The van der Waals surface area contributed by atoms with Crippen molar-refractivity contribution in [3.05, 3.63) is 60.3 Å². The van der Waals surface area contributed by atoms with Crippen LogP contribution in [0.1, 0.15) is 5.76 Å². The molecule has 0 bridgehead atoms. The van der Waals surface area contributed by atoms with Crippen LogP contribution in [0.3, 0.4) is 0 Å². The van der Waals surface area contributed by atoms with Crippen LogP contribution in [0.15, 0.2) is 53.2 Å². The second kappa shape index (κ2) is 5.12. The van der Waals surface area contributed by atoms with Crippen molar-refractivity contribution in [2.24, 2.45) is 0 Å². The van der Waals surface area contributed by atoms with Crippen molar-refractivity contribution in [2.75, 3.05) is 5.32 Å². The van der Waals surface area contributed by atoms with Gasteiger partial charge in [-0.05, 0) is 42.5 Å². The molecule has 0 unspecified atom stereocenters. The Morgan fingerprint density at radius 2 is 2.00 bits per heavy atom. The summed E-state index contributed by atoms with van der Waals surface area (Å²) in [7, 11) is 0. The van der Waals surface area contributed by atoms with E-state index in [4.69, 9.17) is 4.42 Å². The lowest BCUT2D eigenvalue weighted by Crippen LogP contribution is -2.07. The van der Waals surface area contributed by atoms with E-state index in [1.165, 1.54) is 36.6 Å². The van der Waals surface area contributed by atoms with Gasteiger partial charge in [0.05, 0.1) is 6.26 Å². The van der Waals surface area contributed by atoms with Gasteiger partial charge in [0, 0.05) is 11.8 Å². The zero-order valence-corrected chi connectivity index (χ0v) is 8.89. The smallest absolute Gasteiger partial charge is 0.248 e. The van der Waals surface area contributed by atoms with Crippen molar-refractivity contribution in [1.29, 1.82) is 0 Å². The summed E-state index contributed by atoms with van der Waals surface area (Å²) in [6.07, 6.45) is 4.43. The second-order valence-corrected chi connectivity index (χ2v) is 3.34. The molecular formula is C13H10FNO2. The minimum absolute atomic E-state index is 0.298. The van der Waals surface area contributed by atoms with Gasteiger partial charge in [-0.2, -0.15) is 0 Å². The molecule has 0 spiro atoms. The number of rotatable bonds is 3. The van der Waals surface area contributed by atoms with Crippen molar-refractivity contribution in [1.82, 2.24) is 0 Å². The molecule has 0 aliphatic rings. The third-order valence-electron chi connectivity index (χ3n) is 2.05. The summed E-state index contributed by atoms with van der Waals surface area (Å²) in [6.45, 7) is 0. The lowest BCUT2D eigenvalue weighted by molar-refractivity contribution is -0.111. The topological polar surface area (TPSA) is 42.2 Å². The van der Waals surface area contributed by atoms with Gasteiger partial charge in [-0.25, -0.2) is 4.39 Å². The van der Waals surface area contributed by atoms with Gasteiger partial charge in [0.25, 0.3) is 0 Å². The van der Waals surface area contributed by atoms with E-state index >= 15 is 0 Å². The minimum Gasteiger partial charge on any atom is -0.465 e. The molecule has 0 aliphatic carbocycles. The van der Waals surface area contributed by atoms with E-state index in [9.17, 15) is 9.18 Å². The summed E-state index contributed by atoms with van der Waals surface area (Å²) in [5.41, 5.74) is 0.542. The Balaban J connectivity index is 1.95. The molecule has 1 N–H and O–H groups in total. The van der Waals surface area contributed by atoms with Crippen molar-refractivity contribution >= 4 is 17.7 Å². The number of furan rings is 1. The molecule has 86 valence electrons. The van der Waals surface area contributed by atoms with Gasteiger partial charge in [0.1, 0.15) is 11.6 Å². The average Bonchev–Trinajstić information content (AvgIpc) is 2.83. The van der Waals surface area contributed by atoms with Crippen LogP contribution >= 0.6 is 0 Å². The molecule has 1 amide bonds. The maximum absolute atomic E-state index is 12.6. The number of halogens is 1. The lowest BCUT2D eigenvalue weighted by Gasteiger charge is -2.00. The second-order valence-electron chi connectivity index (χ2n) is 3.34.